The van der Waals surface area contributed by atoms with Gasteiger partial charge in [0, 0.05) is 0 Å². The maximum atomic E-state index is 12.4. The summed E-state index contributed by atoms with van der Waals surface area (Å²) in [6.07, 6.45) is 1.26. The van der Waals surface area contributed by atoms with Crippen LogP contribution in [-0.4, -0.2) is 27.0 Å². The predicted molar refractivity (Wildman–Crippen MR) is 89.8 cm³/mol. The van der Waals surface area contributed by atoms with Gasteiger partial charge >= 0.3 is 5.69 Å². The van der Waals surface area contributed by atoms with Crippen LogP contribution < -0.4 is 26.9 Å². The van der Waals surface area contributed by atoms with Gasteiger partial charge in [0.15, 0.2) is 0 Å². The smallest absolute Gasteiger partial charge is 0.327 e. The van der Waals surface area contributed by atoms with Crippen LogP contribution in [0.25, 0.3) is 0 Å². The number of nitrogens with zero attached hydrogens (tertiary/aromatic N) is 1. The monoisotopic (exact) mass is 339 g/mol. The lowest BCUT2D eigenvalue weighted by atomic mass is 9.84. The number of aromatic nitrogens is 4. The van der Waals surface area contributed by atoms with Crippen LogP contribution in [0.2, 0.25) is 0 Å². The number of H-pyrrole nitrogens is 3. The van der Waals surface area contributed by atoms with E-state index in [1.165, 1.54) is 6.33 Å². The molecule has 1 aromatic carbocycles. The maximum absolute atomic E-state index is 12.4. The lowest BCUT2D eigenvalue weighted by Gasteiger charge is -2.26. The topological polar surface area (TPSA) is 133 Å². The third kappa shape index (κ3) is 2.33. The van der Waals surface area contributed by atoms with Crippen molar-refractivity contribution in [1.29, 1.82) is 0 Å². The normalized spacial score (nSPS) is 15.0. The van der Waals surface area contributed by atoms with Gasteiger partial charge in [-0.2, -0.15) is 0 Å². The Morgan fingerprint density at radius 3 is 2.48 bits per heavy atom. The second-order valence-electron chi connectivity index (χ2n) is 5.52. The van der Waals surface area contributed by atoms with Crippen LogP contribution in [0.5, 0.6) is 5.75 Å². The van der Waals surface area contributed by atoms with E-state index in [9.17, 15) is 14.4 Å². The van der Waals surface area contributed by atoms with Crippen molar-refractivity contribution in [2.24, 2.45) is 0 Å². The molecule has 4 rings (SSSR count). The zero-order valence-corrected chi connectivity index (χ0v) is 13.0. The number of fused-ring (bicyclic) bond motifs is 2. The molecule has 4 N–H and O–H groups in total. The van der Waals surface area contributed by atoms with Crippen LogP contribution in [0.1, 0.15) is 22.6 Å². The number of methoxy groups -OCH3 is 1. The number of nitrogens with one attached hydrogen (secondary N) is 4. The van der Waals surface area contributed by atoms with Gasteiger partial charge in [0.1, 0.15) is 17.4 Å². The van der Waals surface area contributed by atoms with E-state index in [4.69, 9.17) is 4.74 Å². The molecule has 1 aliphatic heterocycles. The molecule has 0 amide bonds. The molecule has 3 aromatic rings. The van der Waals surface area contributed by atoms with Crippen LogP contribution in [-0.2, 0) is 0 Å². The second-order valence-corrected chi connectivity index (χ2v) is 5.52. The van der Waals surface area contributed by atoms with Crippen LogP contribution in [0.3, 0.4) is 0 Å². The van der Waals surface area contributed by atoms with Crippen molar-refractivity contribution < 1.29 is 4.74 Å². The van der Waals surface area contributed by atoms with Crippen LogP contribution in [0.4, 0.5) is 11.6 Å². The molecule has 1 atom stereocenters. The molecule has 3 heterocycles. The van der Waals surface area contributed by atoms with Crippen molar-refractivity contribution in [3.05, 3.63) is 78.5 Å². The van der Waals surface area contributed by atoms with Gasteiger partial charge in [-0.25, -0.2) is 9.78 Å². The number of ether oxygens (including phenoxy) is 1. The highest BCUT2D eigenvalue weighted by atomic mass is 16.5. The van der Waals surface area contributed by atoms with Crippen LogP contribution in [0.15, 0.2) is 45.0 Å². The molecular weight excluding hydrogens is 326 g/mol. The first-order valence-corrected chi connectivity index (χ1v) is 7.43. The van der Waals surface area contributed by atoms with Gasteiger partial charge in [0.2, 0.25) is 0 Å². The lowest BCUT2D eigenvalue weighted by Crippen LogP contribution is -2.34. The fourth-order valence-corrected chi connectivity index (χ4v) is 3.04. The van der Waals surface area contributed by atoms with E-state index in [1.807, 2.05) is 0 Å². The van der Waals surface area contributed by atoms with E-state index >= 15 is 0 Å². The number of hydrogen-bond donors (Lipinski definition) is 4. The summed E-state index contributed by atoms with van der Waals surface area (Å²) in [6.45, 7) is 0. The summed E-state index contributed by atoms with van der Waals surface area (Å²) in [5, 5.41) is 2.85. The summed E-state index contributed by atoms with van der Waals surface area (Å²) < 4.78 is 5.15. The molecule has 1 unspecified atom stereocenters. The SMILES string of the molecule is COc1ccc(C2c3c(nc[nH]c3=O)Nc3[nH]c(=O)[nH]c(=O)c32)cc1. The molecule has 0 bridgehead atoms. The van der Waals surface area contributed by atoms with Gasteiger partial charge in [-0.15, -0.1) is 0 Å². The lowest BCUT2D eigenvalue weighted by molar-refractivity contribution is 0.414. The van der Waals surface area contributed by atoms with E-state index in [1.54, 1.807) is 31.4 Å². The van der Waals surface area contributed by atoms with E-state index in [2.05, 4.69) is 25.3 Å². The van der Waals surface area contributed by atoms with Crippen molar-refractivity contribution in [3.8, 4) is 5.75 Å². The van der Waals surface area contributed by atoms with Crippen molar-refractivity contribution in [3.63, 3.8) is 0 Å². The maximum Gasteiger partial charge on any atom is 0.327 e. The fourth-order valence-electron chi connectivity index (χ4n) is 3.04. The molecule has 1 aliphatic rings. The number of aromatic amines is 3. The molecule has 0 radical (unpaired) electrons. The molecule has 0 spiro atoms. The molecule has 2 aromatic heterocycles. The van der Waals surface area contributed by atoms with Gasteiger partial charge in [0.25, 0.3) is 11.1 Å². The number of rotatable bonds is 2. The molecule has 25 heavy (non-hydrogen) atoms. The Labute approximate surface area is 139 Å². The Morgan fingerprint density at radius 1 is 1.00 bits per heavy atom. The Morgan fingerprint density at radius 2 is 1.76 bits per heavy atom. The molecule has 9 nitrogen and oxygen atoms in total. The average Bonchev–Trinajstić information content (AvgIpc) is 2.60. The van der Waals surface area contributed by atoms with E-state index in [0.717, 1.165) is 0 Å². The predicted octanol–water partition coefficient (Wildman–Crippen LogP) is 0.392. The number of anilines is 2. The van der Waals surface area contributed by atoms with Crippen molar-refractivity contribution in [2.75, 3.05) is 12.4 Å². The quantitative estimate of drug-likeness (QED) is 0.418. The minimum absolute atomic E-state index is 0.222. The zero-order valence-electron chi connectivity index (χ0n) is 13.0. The van der Waals surface area contributed by atoms with Crippen LogP contribution >= 0.6 is 0 Å². The average molecular weight is 339 g/mol. The van der Waals surface area contributed by atoms with Gasteiger partial charge in [-0.05, 0) is 17.7 Å². The Balaban J connectivity index is 2.04. The fraction of sp³-hybridized carbons (Fsp3) is 0.125. The summed E-state index contributed by atoms with van der Waals surface area (Å²) in [6, 6.07) is 7.00. The Bertz CT molecular complexity index is 1130. The minimum atomic E-state index is -0.685. The molecule has 0 fully saturated rings. The third-order valence-electron chi connectivity index (χ3n) is 4.14. The first kappa shape index (κ1) is 14.9. The number of benzene rings is 1. The Kier molecular flexibility index (Phi) is 3.27. The van der Waals surface area contributed by atoms with E-state index < -0.39 is 17.2 Å². The van der Waals surface area contributed by atoms with Gasteiger partial charge in [-0.3, -0.25) is 19.6 Å². The first-order chi connectivity index (χ1) is 12.1. The zero-order chi connectivity index (χ0) is 17.6. The molecule has 9 heteroatoms. The highest BCUT2D eigenvalue weighted by Crippen LogP contribution is 2.39. The molecule has 0 saturated heterocycles. The summed E-state index contributed by atoms with van der Waals surface area (Å²) >= 11 is 0. The Hall–Kier alpha value is -3.62. The first-order valence-electron chi connectivity index (χ1n) is 7.43. The summed E-state index contributed by atoms with van der Waals surface area (Å²) in [5.74, 6) is 0.474. The second kappa shape index (κ2) is 5.48. The van der Waals surface area contributed by atoms with Crippen molar-refractivity contribution in [1.82, 2.24) is 19.9 Å². The largest absolute Gasteiger partial charge is 0.497 e. The summed E-state index contributed by atoms with van der Waals surface area (Å²) in [4.78, 5) is 47.9. The van der Waals surface area contributed by atoms with Crippen LogP contribution in [0, 0.1) is 0 Å². The van der Waals surface area contributed by atoms with E-state index in [0.29, 0.717) is 22.7 Å². The highest BCUT2D eigenvalue weighted by Gasteiger charge is 2.33. The molecular formula is C16H13N5O4. The van der Waals surface area contributed by atoms with Gasteiger partial charge < -0.3 is 15.0 Å². The standard InChI is InChI=1S/C16H13N5O4/c1-25-8-4-2-7(3-5-8)9-10-12(17-6-18-14(10)22)19-13-11(9)15(23)21-16(24)20-13/h2-6,9H,1H3,(H4,17,18,19,20,21,22,23,24). The molecule has 0 aliphatic carbocycles. The summed E-state index contributed by atoms with van der Waals surface area (Å²) in [5.41, 5.74) is -0.331. The molecule has 126 valence electrons. The third-order valence-corrected chi connectivity index (χ3v) is 4.14. The number of hydrogen-bond acceptors (Lipinski definition) is 6. The van der Waals surface area contributed by atoms with Gasteiger partial charge in [-0.1, -0.05) is 12.1 Å². The van der Waals surface area contributed by atoms with Gasteiger partial charge in [0.05, 0.1) is 30.5 Å². The summed E-state index contributed by atoms with van der Waals surface area (Å²) in [7, 11) is 1.55. The minimum Gasteiger partial charge on any atom is -0.497 e. The molecule has 0 saturated carbocycles. The van der Waals surface area contributed by atoms with Crippen molar-refractivity contribution in [2.45, 2.75) is 5.92 Å². The highest BCUT2D eigenvalue weighted by molar-refractivity contribution is 5.69. The van der Waals surface area contributed by atoms with Crippen molar-refractivity contribution >= 4 is 11.6 Å². The van der Waals surface area contributed by atoms with E-state index in [-0.39, 0.29) is 16.9 Å².